The predicted octanol–water partition coefficient (Wildman–Crippen LogP) is 1.18. The van der Waals surface area contributed by atoms with Gasteiger partial charge in [-0.3, -0.25) is 5.32 Å². The van der Waals surface area contributed by atoms with Crippen molar-refractivity contribution in [3.8, 4) is 0 Å². The zero-order valence-corrected chi connectivity index (χ0v) is 7.95. The maximum atomic E-state index is 8.60. The van der Waals surface area contributed by atoms with Gasteiger partial charge in [0.25, 0.3) is 0 Å². The van der Waals surface area contributed by atoms with Crippen LogP contribution in [-0.4, -0.2) is 16.8 Å². The lowest BCUT2D eigenvalue weighted by molar-refractivity contribution is 0.259. The van der Waals surface area contributed by atoms with Crippen LogP contribution in [0.1, 0.15) is 11.5 Å². The molecule has 0 saturated heterocycles. The zero-order chi connectivity index (χ0) is 9.97. The third-order valence-corrected chi connectivity index (χ3v) is 2.00. The summed E-state index contributed by atoms with van der Waals surface area (Å²) < 4.78 is 5.39. The van der Waals surface area contributed by atoms with Crippen LogP contribution >= 0.6 is 0 Å². The van der Waals surface area contributed by atoms with E-state index in [1.54, 1.807) is 0 Å². The molecule has 0 atom stereocenters. The summed E-state index contributed by atoms with van der Waals surface area (Å²) in [5.74, 6) is 0.673. The number of nitrogens with one attached hydrogen (secondary N) is 1. The minimum atomic E-state index is -0.0204. The van der Waals surface area contributed by atoms with Crippen LogP contribution in [0.5, 0.6) is 0 Å². The molecule has 0 unspecified atom stereocenters. The Hall–Kier alpha value is -1.39. The number of nitrogens with zero attached hydrogens (tertiary/aromatic N) is 1. The number of aromatic nitrogens is 1. The summed E-state index contributed by atoms with van der Waals surface area (Å²) in [4.78, 5) is 4.20. The fourth-order valence-electron chi connectivity index (χ4n) is 1.39. The molecule has 0 radical (unpaired) electrons. The Bertz CT molecular complexity index is 437. The van der Waals surface area contributed by atoms with E-state index in [4.69, 9.17) is 9.52 Å². The Morgan fingerprint density at radius 2 is 2.36 bits per heavy atom. The Labute approximate surface area is 81.6 Å². The average molecular weight is 192 g/mol. The highest BCUT2D eigenvalue weighted by molar-refractivity contribution is 5.73. The molecule has 14 heavy (non-hydrogen) atoms. The molecule has 0 saturated carbocycles. The normalized spacial score (nSPS) is 11.0. The fourth-order valence-corrected chi connectivity index (χ4v) is 1.39. The van der Waals surface area contributed by atoms with Crippen LogP contribution < -0.4 is 5.32 Å². The molecule has 1 heterocycles. The number of aliphatic hydroxyl groups is 1. The van der Waals surface area contributed by atoms with Gasteiger partial charge in [-0.15, -0.1) is 0 Å². The lowest BCUT2D eigenvalue weighted by atomic mass is 10.2. The monoisotopic (exact) mass is 192 g/mol. The number of aliphatic hydroxyl groups excluding tert-OH is 1. The van der Waals surface area contributed by atoms with Gasteiger partial charge in [-0.1, -0.05) is 6.07 Å². The molecule has 0 aliphatic heterocycles. The highest BCUT2D eigenvalue weighted by Crippen LogP contribution is 2.16. The quantitative estimate of drug-likeness (QED) is 0.717. The van der Waals surface area contributed by atoms with E-state index in [9.17, 15) is 0 Å². The molecule has 0 aliphatic rings. The van der Waals surface area contributed by atoms with Crippen molar-refractivity contribution in [3.05, 3.63) is 29.7 Å². The molecule has 0 spiro atoms. The van der Waals surface area contributed by atoms with Crippen molar-refractivity contribution >= 4 is 11.1 Å². The Kier molecular flexibility index (Phi) is 2.47. The second kappa shape index (κ2) is 3.77. The number of hydrogen-bond donors (Lipinski definition) is 2. The number of aryl methyl sites for hydroxylation is 1. The summed E-state index contributed by atoms with van der Waals surface area (Å²) in [5.41, 5.74) is 2.73. The van der Waals surface area contributed by atoms with Crippen LogP contribution in [0, 0.1) is 6.92 Å². The summed E-state index contributed by atoms with van der Waals surface area (Å²) in [7, 11) is 0. The maximum absolute atomic E-state index is 8.60. The van der Waals surface area contributed by atoms with Crippen molar-refractivity contribution in [2.45, 2.75) is 13.5 Å². The maximum Gasteiger partial charge on any atom is 0.192 e. The van der Waals surface area contributed by atoms with Gasteiger partial charge in [-0.2, -0.15) is 0 Å². The number of benzene rings is 1. The molecule has 2 aromatic rings. The SMILES string of the molecule is Cc1nc2ccc(CNCO)cc2o1. The summed E-state index contributed by atoms with van der Waals surface area (Å²) >= 11 is 0. The summed E-state index contributed by atoms with van der Waals surface area (Å²) in [6.45, 7) is 2.44. The lowest BCUT2D eigenvalue weighted by Crippen LogP contribution is -2.13. The van der Waals surface area contributed by atoms with Gasteiger partial charge in [0.15, 0.2) is 11.5 Å². The fraction of sp³-hybridized carbons (Fsp3) is 0.300. The molecule has 74 valence electrons. The second-order valence-corrected chi connectivity index (χ2v) is 3.12. The topological polar surface area (TPSA) is 58.3 Å². The summed E-state index contributed by atoms with van der Waals surface area (Å²) in [6.07, 6.45) is 0. The number of hydrogen-bond acceptors (Lipinski definition) is 4. The van der Waals surface area contributed by atoms with E-state index in [-0.39, 0.29) is 6.73 Å². The lowest BCUT2D eigenvalue weighted by Gasteiger charge is -1.99. The van der Waals surface area contributed by atoms with Gasteiger partial charge < -0.3 is 9.52 Å². The van der Waals surface area contributed by atoms with E-state index in [0.29, 0.717) is 12.4 Å². The van der Waals surface area contributed by atoms with E-state index in [1.165, 1.54) is 0 Å². The van der Waals surface area contributed by atoms with Gasteiger partial charge in [0.1, 0.15) is 5.52 Å². The minimum Gasteiger partial charge on any atom is -0.441 e. The van der Waals surface area contributed by atoms with E-state index in [2.05, 4.69) is 10.3 Å². The number of rotatable bonds is 3. The van der Waals surface area contributed by atoms with Crippen molar-refractivity contribution in [3.63, 3.8) is 0 Å². The van der Waals surface area contributed by atoms with Gasteiger partial charge in [-0.05, 0) is 17.7 Å². The molecule has 0 fully saturated rings. The molecule has 0 amide bonds. The van der Waals surface area contributed by atoms with E-state index in [0.717, 1.165) is 16.7 Å². The predicted molar refractivity (Wildman–Crippen MR) is 52.7 cm³/mol. The summed E-state index contributed by atoms with van der Waals surface area (Å²) in [5, 5.41) is 11.4. The first-order valence-corrected chi connectivity index (χ1v) is 4.47. The van der Waals surface area contributed by atoms with Crippen LogP contribution in [-0.2, 0) is 6.54 Å². The molecule has 0 bridgehead atoms. The largest absolute Gasteiger partial charge is 0.441 e. The molecule has 4 heteroatoms. The first-order valence-electron chi connectivity index (χ1n) is 4.47. The molecule has 1 aromatic carbocycles. The van der Waals surface area contributed by atoms with Crippen molar-refractivity contribution in [1.82, 2.24) is 10.3 Å². The van der Waals surface area contributed by atoms with Crippen molar-refractivity contribution in [2.75, 3.05) is 6.73 Å². The first-order chi connectivity index (χ1) is 6.79. The number of oxazole rings is 1. The van der Waals surface area contributed by atoms with Crippen molar-refractivity contribution in [2.24, 2.45) is 0 Å². The highest BCUT2D eigenvalue weighted by atomic mass is 16.3. The van der Waals surface area contributed by atoms with Crippen molar-refractivity contribution < 1.29 is 9.52 Å². The second-order valence-electron chi connectivity index (χ2n) is 3.12. The van der Waals surface area contributed by atoms with Crippen LogP contribution in [0.4, 0.5) is 0 Å². The van der Waals surface area contributed by atoms with Crippen molar-refractivity contribution in [1.29, 1.82) is 0 Å². The molecule has 4 nitrogen and oxygen atoms in total. The molecule has 2 rings (SSSR count). The van der Waals surface area contributed by atoms with Gasteiger partial charge in [0.05, 0.1) is 6.73 Å². The van der Waals surface area contributed by atoms with Gasteiger partial charge in [0, 0.05) is 13.5 Å². The van der Waals surface area contributed by atoms with Crippen LogP contribution in [0.2, 0.25) is 0 Å². The molecule has 0 aliphatic carbocycles. The third-order valence-electron chi connectivity index (χ3n) is 2.00. The average Bonchev–Trinajstić information content (AvgIpc) is 2.54. The third kappa shape index (κ3) is 1.76. The van der Waals surface area contributed by atoms with E-state index in [1.807, 2.05) is 25.1 Å². The number of fused-ring (bicyclic) bond motifs is 1. The Morgan fingerprint density at radius 1 is 1.50 bits per heavy atom. The molecule has 2 N–H and O–H groups in total. The highest BCUT2D eigenvalue weighted by Gasteiger charge is 2.02. The summed E-state index contributed by atoms with van der Waals surface area (Å²) in [6, 6.07) is 5.81. The van der Waals surface area contributed by atoms with Crippen LogP contribution in [0.25, 0.3) is 11.1 Å². The smallest absolute Gasteiger partial charge is 0.192 e. The zero-order valence-electron chi connectivity index (χ0n) is 7.95. The standard InChI is InChI=1S/C10H12N2O2/c1-7-12-9-3-2-8(5-11-6-13)4-10(9)14-7/h2-4,11,13H,5-6H2,1H3. The van der Waals surface area contributed by atoms with E-state index >= 15 is 0 Å². The minimum absolute atomic E-state index is 0.0204. The molecular formula is C10H12N2O2. The van der Waals surface area contributed by atoms with Gasteiger partial charge >= 0.3 is 0 Å². The first kappa shape index (κ1) is 9.18. The Morgan fingerprint density at radius 3 is 3.14 bits per heavy atom. The molecule has 1 aromatic heterocycles. The van der Waals surface area contributed by atoms with Crippen LogP contribution in [0.15, 0.2) is 22.6 Å². The van der Waals surface area contributed by atoms with Crippen LogP contribution in [0.3, 0.4) is 0 Å². The van der Waals surface area contributed by atoms with Gasteiger partial charge in [-0.25, -0.2) is 4.98 Å². The van der Waals surface area contributed by atoms with Gasteiger partial charge in [0.2, 0.25) is 0 Å². The molecular weight excluding hydrogens is 180 g/mol. The Balaban J connectivity index is 2.31. The van der Waals surface area contributed by atoms with E-state index < -0.39 is 0 Å².